The molecule has 0 atom stereocenters. The molecule has 1 aromatic carbocycles. The van der Waals surface area contributed by atoms with Gasteiger partial charge < -0.3 is 19.5 Å². The minimum absolute atomic E-state index is 0.295. The van der Waals surface area contributed by atoms with Crippen LogP contribution in [0.5, 0.6) is 17.4 Å². The SMILES string of the molecule is COc1ccc(NC(=O)c2cc(OC)c(Br)c(OC)c2)cn1. The van der Waals surface area contributed by atoms with Gasteiger partial charge >= 0.3 is 0 Å². The van der Waals surface area contributed by atoms with Gasteiger partial charge in [0.2, 0.25) is 5.88 Å². The second-order valence-electron chi connectivity index (χ2n) is 4.24. The number of rotatable bonds is 5. The quantitative estimate of drug-likeness (QED) is 0.880. The van der Waals surface area contributed by atoms with Crippen LogP contribution in [0.4, 0.5) is 5.69 Å². The van der Waals surface area contributed by atoms with E-state index in [9.17, 15) is 4.79 Å². The third-order valence-electron chi connectivity index (χ3n) is 2.91. The number of ether oxygens (including phenoxy) is 3. The monoisotopic (exact) mass is 366 g/mol. The summed E-state index contributed by atoms with van der Waals surface area (Å²) in [6.45, 7) is 0. The third kappa shape index (κ3) is 3.48. The van der Waals surface area contributed by atoms with Crippen LogP contribution in [0.2, 0.25) is 0 Å². The highest BCUT2D eigenvalue weighted by Gasteiger charge is 2.15. The maximum Gasteiger partial charge on any atom is 0.255 e. The van der Waals surface area contributed by atoms with Crippen LogP contribution in [0.25, 0.3) is 0 Å². The fourth-order valence-corrected chi connectivity index (χ4v) is 2.33. The summed E-state index contributed by atoms with van der Waals surface area (Å²) >= 11 is 3.36. The van der Waals surface area contributed by atoms with Gasteiger partial charge in [-0.25, -0.2) is 4.98 Å². The standard InChI is InChI=1S/C15H15BrN2O4/c1-20-11-6-9(7-12(21-2)14(11)16)15(19)18-10-4-5-13(22-3)17-8-10/h4-8H,1-3H3,(H,18,19). The van der Waals surface area contributed by atoms with Crippen molar-refractivity contribution in [3.63, 3.8) is 0 Å². The highest BCUT2D eigenvalue weighted by atomic mass is 79.9. The molecule has 0 radical (unpaired) electrons. The molecule has 22 heavy (non-hydrogen) atoms. The minimum atomic E-state index is -0.295. The van der Waals surface area contributed by atoms with E-state index in [-0.39, 0.29) is 5.91 Å². The zero-order valence-corrected chi connectivity index (χ0v) is 13.9. The largest absolute Gasteiger partial charge is 0.495 e. The summed E-state index contributed by atoms with van der Waals surface area (Å²) < 4.78 is 16.1. The fraction of sp³-hybridized carbons (Fsp3) is 0.200. The lowest BCUT2D eigenvalue weighted by Crippen LogP contribution is -2.12. The first-order valence-corrected chi connectivity index (χ1v) is 7.11. The van der Waals surface area contributed by atoms with Crippen molar-refractivity contribution in [2.75, 3.05) is 26.6 Å². The second kappa shape index (κ2) is 7.13. The lowest BCUT2D eigenvalue weighted by atomic mass is 10.2. The number of carbonyl (C=O) groups excluding carboxylic acids is 1. The first-order chi connectivity index (χ1) is 10.6. The average molecular weight is 367 g/mol. The van der Waals surface area contributed by atoms with Gasteiger partial charge in [-0.15, -0.1) is 0 Å². The van der Waals surface area contributed by atoms with E-state index in [2.05, 4.69) is 26.2 Å². The number of methoxy groups -OCH3 is 3. The lowest BCUT2D eigenvalue weighted by molar-refractivity contribution is 0.102. The van der Waals surface area contributed by atoms with E-state index in [0.29, 0.717) is 33.1 Å². The van der Waals surface area contributed by atoms with Crippen molar-refractivity contribution in [3.8, 4) is 17.4 Å². The van der Waals surface area contributed by atoms with Gasteiger partial charge in [-0.1, -0.05) is 0 Å². The molecular weight excluding hydrogens is 352 g/mol. The molecule has 116 valence electrons. The smallest absolute Gasteiger partial charge is 0.255 e. The predicted octanol–water partition coefficient (Wildman–Crippen LogP) is 3.12. The van der Waals surface area contributed by atoms with E-state index < -0.39 is 0 Å². The molecule has 0 bridgehead atoms. The van der Waals surface area contributed by atoms with Crippen molar-refractivity contribution >= 4 is 27.5 Å². The van der Waals surface area contributed by atoms with E-state index >= 15 is 0 Å². The first kappa shape index (κ1) is 16.1. The molecule has 2 rings (SSSR count). The number of anilines is 1. The van der Waals surface area contributed by atoms with Crippen LogP contribution in [-0.4, -0.2) is 32.2 Å². The summed E-state index contributed by atoms with van der Waals surface area (Å²) in [6, 6.07) is 6.62. The maximum atomic E-state index is 12.3. The van der Waals surface area contributed by atoms with E-state index in [1.165, 1.54) is 27.5 Å². The highest BCUT2D eigenvalue weighted by molar-refractivity contribution is 9.10. The fourth-order valence-electron chi connectivity index (χ4n) is 1.78. The number of hydrogen-bond donors (Lipinski definition) is 1. The highest BCUT2D eigenvalue weighted by Crippen LogP contribution is 2.35. The molecular formula is C15H15BrN2O4. The molecule has 1 aromatic heterocycles. The Hall–Kier alpha value is -2.28. The number of aromatic nitrogens is 1. The van der Waals surface area contributed by atoms with Crippen molar-refractivity contribution in [1.82, 2.24) is 4.98 Å². The molecule has 7 heteroatoms. The zero-order valence-electron chi connectivity index (χ0n) is 12.3. The molecule has 0 aliphatic rings. The van der Waals surface area contributed by atoms with Crippen molar-refractivity contribution in [2.24, 2.45) is 0 Å². The molecule has 1 amide bonds. The number of pyridine rings is 1. The Bertz CT molecular complexity index is 649. The Balaban J connectivity index is 2.24. The first-order valence-electron chi connectivity index (χ1n) is 6.32. The van der Waals surface area contributed by atoms with Gasteiger partial charge in [0.05, 0.1) is 33.2 Å². The minimum Gasteiger partial charge on any atom is -0.495 e. The molecule has 0 aliphatic carbocycles. The number of benzene rings is 1. The summed E-state index contributed by atoms with van der Waals surface area (Å²) in [5.41, 5.74) is 0.972. The Labute approximate surface area is 136 Å². The van der Waals surface area contributed by atoms with Crippen LogP contribution in [-0.2, 0) is 0 Å². The molecule has 0 unspecified atom stereocenters. The van der Waals surface area contributed by atoms with E-state index in [1.807, 2.05) is 0 Å². The summed E-state index contributed by atoms with van der Waals surface area (Å²) in [6.07, 6.45) is 1.52. The lowest BCUT2D eigenvalue weighted by Gasteiger charge is -2.11. The van der Waals surface area contributed by atoms with Crippen LogP contribution in [0.3, 0.4) is 0 Å². The molecule has 1 heterocycles. The number of nitrogens with one attached hydrogen (secondary N) is 1. The van der Waals surface area contributed by atoms with Crippen LogP contribution in [0.15, 0.2) is 34.9 Å². The van der Waals surface area contributed by atoms with Crippen molar-refractivity contribution < 1.29 is 19.0 Å². The maximum absolute atomic E-state index is 12.3. The second-order valence-corrected chi connectivity index (χ2v) is 5.03. The van der Waals surface area contributed by atoms with E-state index in [1.54, 1.807) is 24.3 Å². The summed E-state index contributed by atoms with van der Waals surface area (Å²) in [5, 5.41) is 2.75. The van der Waals surface area contributed by atoms with Gasteiger partial charge in [0.15, 0.2) is 0 Å². The molecule has 1 N–H and O–H groups in total. The zero-order chi connectivity index (χ0) is 16.1. The molecule has 0 aliphatic heterocycles. The number of halogens is 1. The Morgan fingerprint density at radius 2 is 1.73 bits per heavy atom. The van der Waals surface area contributed by atoms with Crippen molar-refractivity contribution in [3.05, 3.63) is 40.5 Å². The molecule has 0 saturated heterocycles. The molecule has 0 saturated carbocycles. The van der Waals surface area contributed by atoms with E-state index in [4.69, 9.17) is 14.2 Å². The van der Waals surface area contributed by atoms with Crippen LogP contribution in [0, 0.1) is 0 Å². The third-order valence-corrected chi connectivity index (χ3v) is 3.69. The van der Waals surface area contributed by atoms with Gasteiger partial charge in [0.25, 0.3) is 5.91 Å². The van der Waals surface area contributed by atoms with Crippen LogP contribution < -0.4 is 19.5 Å². The van der Waals surface area contributed by atoms with Crippen LogP contribution >= 0.6 is 15.9 Å². The van der Waals surface area contributed by atoms with Gasteiger partial charge in [-0.3, -0.25) is 4.79 Å². The van der Waals surface area contributed by atoms with Gasteiger partial charge in [-0.2, -0.15) is 0 Å². The van der Waals surface area contributed by atoms with Gasteiger partial charge in [0, 0.05) is 11.6 Å². The molecule has 0 fully saturated rings. The van der Waals surface area contributed by atoms with Gasteiger partial charge in [-0.05, 0) is 34.1 Å². The topological polar surface area (TPSA) is 69.7 Å². The predicted molar refractivity (Wildman–Crippen MR) is 86.0 cm³/mol. The molecule has 2 aromatic rings. The summed E-state index contributed by atoms with van der Waals surface area (Å²) in [4.78, 5) is 16.4. The summed E-state index contributed by atoms with van der Waals surface area (Å²) in [5.74, 6) is 1.20. The Morgan fingerprint density at radius 3 is 2.18 bits per heavy atom. The van der Waals surface area contributed by atoms with Crippen molar-refractivity contribution in [2.45, 2.75) is 0 Å². The number of hydrogen-bond acceptors (Lipinski definition) is 5. The average Bonchev–Trinajstić information content (AvgIpc) is 2.55. The van der Waals surface area contributed by atoms with Crippen molar-refractivity contribution in [1.29, 1.82) is 0 Å². The Kier molecular flexibility index (Phi) is 5.21. The van der Waals surface area contributed by atoms with Crippen LogP contribution in [0.1, 0.15) is 10.4 Å². The summed E-state index contributed by atoms with van der Waals surface area (Å²) in [7, 11) is 4.57. The normalized spacial score (nSPS) is 10.0. The Morgan fingerprint density at radius 1 is 1.09 bits per heavy atom. The number of carbonyl (C=O) groups is 1. The number of nitrogens with zero attached hydrogens (tertiary/aromatic N) is 1. The molecule has 6 nitrogen and oxygen atoms in total. The van der Waals surface area contributed by atoms with E-state index in [0.717, 1.165) is 0 Å². The van der Waals surface area contributed by atoms with Gasteiger partial charge in [0.1, 0.15) is 16.0 Å². The molecule has 0 spiro atoms. The number of amides is 1.